The van der Waals surface area contributed by atoms with Gasteiger partial charge in [0.2, 0.25) is 0 Å². The number of nitrogens with one attached hydrogen (secondary N) is 2. The van der Waals surface area contributed by atoms with E-state index in [4.69, 9.17) is 0 Å². The fourth-order valence-electron chi connectivity index (χ4n) is 2.53. The number of hydrogen-bond donors (Lipinski definition) is 2. The van der Waals surface area contributed by atoms with E-state index in [9.17, 15) is 0 Å². The molecule has 1 aliphatic carbocycles. The zero-order chi connectivity index (χ0) is 16.1. The summed E-state index contributed by atoms with van der Waals surface area (Å²) >= 11 is 0. The van der Waals surface area contributed by atoms with Gasteiger partial charge in [-0.1, -0.05) is 37.3 Å². The topological polar surface area (TPSA) is 54.2 Å². The number of hydrogen-bond acceptors (Lipinski definition) is 2. The number of guanidine groups is 1. The fourth-order valence-corrected chi connectivity index (χ4v) is 2.53. The van der Waals surface area contributed by atoms with Crippen molar-refractivity contribution in [2.45, 2.75) is 39.4 Å². The zero-order valence-corrected chi connectivity index (χ0v) is 13.9. The molecule has 1 aliphatic rings. The molecular formula is C18H25N5. The van der Waals surface area contributed by atoms with Crippen LogP contribution in [0.15, 0.2) is 47.7 Å². The Morgan fingerprint density at radius 2 is 2.09 bits per heavy atom. The third-order valence-electron chi connectivity index (χ3n) is 4.07. The van der Waals surface area contributed by atoms with Crippen molar-refractivity contribution >= 4 is 5.96 Å². The molecule has 5 nitrogen and oxygen atoms in total. The van der Waals surface area contributed by atoms with Crippen LogP contribution in [-0.4, -0.2) is 28.3 Å². The Morgan fingerprint density at radius 1 is 1.30 bits per heavy atom. The van der Waals surface area contributed by atoms with Crippen LogP contribution in [0.1, 0.15) is 31.4 Å². The van der Waals surface area contributed by atoms with Crippen molar-refractivity contribution in [2.75, 3.05) is 6.54 Å². The Kier molecular flexibility index (Phi) is 4.95. The lowest BCUT2D eigenvalue weighted by atomic mass is 10.2. The summed E-state index contributed by atoms with van der Waals surface area (Å²) < 4.78 is 1.96. The first-order chi connectivity index (χ1) is 11.2. The van der Waals surface area contributed by atoms with Gasteiger partial charge in [0.15, 0.2) is 5.96 Å². The fraction of sp³-hybridized carbons (Fsp3) is 0.444. The molecule has 2 aromatic rings. The molecule has 3 rings (SSSR count). The van der Waals surface area contributed by atoms with Gasteiger partial charge >= 0.3 is 0 Å². The van der Waals surface area contributed by atoms with E-state index in [0.29, 0.717) is 12.6 Å². The summed E-state index contributed by atoms with van der Waals surface area (Å²) in [5.41, 5.74) is 2.38. The SMILES string of the molecule is CCNC(=NCc1cnn(Cc2ccccc2)c1)NC1CC1C. The van der Waals surface area contributed by atoms with Gasteiger partial charge in [-0.25, -0.2) is 4.99 Å². The monoisotopic (exact) mass is 311 g/mol. The van der Waals surface area contributed by atoms with E-state index in [-0.39, 0.29) is 0 Å². The minimum absolute atomic E-state index is 0.577. The number of nitrogens with zero attached hydrogens (tertiary/aromatic N) is 3. The van der Waals surface area contributed by atoms with E-state index in [1.165, 1.54) is 12.0 Å². The summed E-state index contributed by atoms with van der Waals surface area (Å²) in [6, 6.07) is 10.9. The van der Waals surface area contributed by atoms with Crippen molar-refractivity contribution in [3.05, 3.63) is 53.9 Å². The molecule has 5 heteroatoms. The second-order valence-corrected chi connectivity index (χ2v) is 6.19. The van der Waals surface area contributed by atoms with E-state index in [1.54, 1.807) is 0 Å². The number of rotatable bonds is 6. The summed E-state index contributed by atoms with van der Waals surface area (Å²) in [6.07, 6.45) is 5.20. The average molecular weight is 311 g/mol. The molecule has 0 saturated heterocycles. The number of benzene rings is 1. The van der Waals surface area contributed by atoms with Crippen LogP contribution in [0, 0.1) is 5.92 Å². The molecule has 1 fully saturated rings. The third-order valence-corrected chi connectivity index (χ3v) is 4.07. The molecule has 1 saturated carbocycles. The van der Waals surface area contributed by atoms with E-state index in [1.807, 2.05) is 16.9 Å². The Bertz CT molecular complexity index is 646. The minimum Gasteiger partial charge on any atom is -0.357 e. The van der Waals surface area contributed by atoms with Crippen LogP contribution in [0.3, 0.4) is 0 Å². The van der Waals surface area contributed by atoms with Gasteiger partial charge in [-0.3, -0.25) is 4.68 Å². The maximum atomic E-state index is 4.66. The highest BCUT2D eigenvalue weighted by Crippen LogP contribution is 2.28. The van der Waals surface area contributed by atoms with Gasteiger partial charge in [-0.15, -0.1) is 0 Å². The van der Waals surface area contributed by atoms with Crippen molar-refractivity contribution < 1.29 is 0 Å². The largest absolute Gasteiger partial charge is 0.357 e. The highest BCUT2D eigenvalue weighted by atomic mass is 15.3. The van der Waals surface area contributed by atoms with E-state index in [2.05, 4.69) is 65.0 Å². The number of aliphatic imine (C=N–C) groups is 1. The van der Waals surface area contributed by atoms with E-state index in [0.717, 1.165) is 30.5 Å². The molecule has 0 bridgehead atoms. The molecule has 1 aromatic heterocycles. The molecule has 2 N–H and O–H groups in total. The molecule has 1 aromatic carbocycles. The molecule has 0 amide bonds. The van der Waals surface area contributed by atoms with E-state index < -0.39 is 0 Å². The van der Waals surface area contributed by atoms with Crippen molar-refractivity contribution in [2.24, 2.45) is 10.9 Å². The standard InChI is InChI=1S/C18H25N5/c1-3-19-18(22-17-9-14(17)2)20-10-16-11-21-23(13-16)12-15-7-5-4-6-8-15/h4-8,11,13-14,17H,3,9-10,12H2,1-2H3,(H2,19,20,22). The maximum Gasteiger partial charge on any atom is 0.191 e. The van der Waals surface area contributed by atoms with Gasteiger partial charge < -0.3 is 10.6 Å². The Labute approximate surface area is 137 Å². The highest BCUT2D eigenvalue weighted by Gasteiger charge is 2.33. The van der Waals surface area contributed by atoms with Crippen LogP contribution >= 0.6 is 0 Å². The predicted molar refractivity (Wildman–Crippen MR) is 93.3 cm³/mol. The zero-order valence-electron chi connectivity index (χ0n) is 13.9. The van der Waals surface area contributed by atoms with Crippen molar-refractivity contribution in [3.8, 4) is 0 Å². The molecular weight excluding hydrogens is 286 g/mol. The van der Waals surface area contributed by atoms with Gasteiger partial charge in [0.25, 0.3) is 0 Å². The quantitative estimate of drug-likeness (QED) is 0.636. The second kappa shape index (κ2) is 7.31. The van der Waals surface area contributed by atoms with E-state index >= 15 is 0 Å². The second-order valence-electron chi connectivity index (χ2n) is 6.19. The lowest BCUT2D eigenvalue weighted by Gasteiger charge is -2.10. The summed E-state index contributed by atoms with van der Waals surface area (Å²) in [5, 5.41) is 11.2. The first kappa shape index (κ1) is 15.6. The van der Waals surface area contributed by atoms with Gasteiger partial charge in [0.05, 0.1) is 19.3 Å². The highest BCUT2D eigenvalue weighted by molar-refractivity contribution is 5.80. The van der Waals surface area contributed by atoms with Crippen molar-refractivity contribution in [1.82, 2.24) is 20.4 Å². The average Bonchev–Trinajstić information content (AvgIpc) is 3.07. The van der Waals surface area contributed by atoms with Gasteiger partial charge in [0, 0.05) is 24.3 Å². The Hall–Kier alpha value is -2.30. The molecule has 1 heterocycles. The summed E-state index contributed by atoms with van der Waals surface area (Å²) in [7, 11) is 0. The molecule has 23 heavy (non-hydrogen) atoms. The molecule has 2 unspecified atom stereocenters. The number of aromatic nitrogens is 2. The Morgan fingerprint density at radius 3 is 2.78 bits per heavy atom. The Balaban J connectivity index is 1.57. The van der Waals surface area contributed by atoms with Crippen LogP contribution in [0.2, 0.25) is 0 Å². The molecule has 0 aliphatic heterocycles. The normalized spacial score (nSPS) is 20.3. The summed E-state index contributed by atoms with van der Waals surface area (Å²) in [4.78, 5) is 4.66. The molecule has 122 valence electrons. The first-order valence-corrected chi connectivity index (χ1v) is 8.34. The smallest absolute Gasteiger partial charge is 0.191 e. The summed E-state index contributed by atoms with van der Waals surface area (Å²) in [6.45, 7) is 6.66. The van der Waals surface area contributed by atoms with Gasteiger partial charge in [-0.2, -0.15) is 5.10 Å². The van der Waals surface area contributed by atoms with Crippen LogP contribution in [-0.2, 0) is 13.1 Å². The minimum atomic E-state index is 0.577. The van der Waals surface area contributed by atoms with Crippen molar-refractivity contribution in [1.29, 1.82) is 0 Å². The van der Waals surface area contributed by atoms with Crippen molar-refractivity contribution in [3.63, 3.8) is 0 Å². The first-order valence-electron chi connectivity index (χ1n) is 8.34. The maximum absolute atomic E-state index is 4.66. The predicted octanol–water partition coefficient (Wildman–Crippen LogP) is 2.39. The molecule has 0 spiro atoms. The lowest BCUT2D eigenvalue weighted by molar-refractivity contribution is 0.686. The molecule has 0 radical (unpaired) electrons. The third kappa shape index (κ3) is 4.58. The van der Waals surface area contributed by atoms with Gasteiger partial charge in [0.1, 0.15) is 0 Å². The van der Waals surface area contributed by atoms with Crippen LogP contribution < -0.4 is 10.6 Å². The molecule has 2 atom stereocenters. The lowest BCUT2D eigenvalue weighted by Crippen LogP contribution is -2.39. The van der Waals surface area contributed by atoms with Gasteiger partial charge in [-0.05, 0) is 24.8 Å². The van der Waals surface area contributed by atoms with Crippen LogP contribution in [0.25, 0.3) is 0 Å². The summed E-state index contributed by atoms with van der Waals surface area (Å²) in [5.74, 6) is 1.66. The van der Waals surface area contributed by atoms with Crippen LogP contribution in [0.5, 0.6) is 0 Å². The van der Waals surface area contributed by atoms with Crippen LogP contribution in [0.4, 0.5) is 0 Å².